The van der Waals surface area contributed by atoms with Crippen molar-refractivity contribution in [3.63, 3.8) is 0 Å². The number of alkyl halides is 2. The molecular weight excluding hydrogens is 374 g/mol. The van der Waals surface area contributed by atoms with E-state index < -0.39 is 41.5 Å². The van der Waals surface area contributed by atoms with E-state index in [1.165, 1.54) is 38.1 Å². The molecule has 0 heterocycles. The normalized spacial score (nSPS) is 17.2. The van der Waals surface area contributed by atoms with E-state index in [4.69, 9.17) is 14.6 Å². The molecule has 0 saturated heterocycles. The van der Waals surface area contributed by atoms with Gasteiger partial charge in [0.2, 0.25) is 0 Å². The molecule has 154 valence electrons. The summed E-state index contributed by atoms with van der Waals surface area (Å²) in [5.41, 5.74) is -0.349. The summed E-state index contributed by atoms with van der Waals surface area (Å²) in [5, 5.41) is 8.69. The number of carboxylic acid groups (broad SMARTS) is 1. The number of hydrogen-bond acceptors (Lipinski definition) is 5. The molecular formula is C20H24F2O6. The molecule has 1 N–H and O–H groups in total. The third-order valence-corrected chi connectivity index (χ3v) is 4.84. The van der Waals surface area contributed by atoms with Crippen LogP contribution in [0, 0.1) is 5.92 Å². The topological polar surface area (TPSA) is 89.9 Å². The quantitative estimate of drug-likeness (QED) is 0.696. The Morgan fingerprint density at radius 3 is 1.93 bits per heavy atom. The average Bonchev–Trinajstić information content (AvgIpc) is 3.04. The Morgan fingerprint density at radius 2 is 1.50 bits per heavy atom. The lowest BCUT2D eigenvalue weighted by Gasteiger charge is -2.26. The van der Waals surface area contributed by atoms with Crippen LogP contribution < -0.4 is 0 Å². The highest BCUT2D eigenvalue weighted by Gasteiger charge is 2.51. The van der Waals surface area contributed by atoms with Gasteiger partial charge >= 0.3 is 23.8 Å². The Balaban J connectivity index is 2.08. The zero-order valence-electron chi connectivity index (χ0n) is 16.0. The molecule has 1 aromatic rings. The molecule has 0 aliphatic heterocycles. The van der Waals surface area contributed by atoms with Gasteiger partial charge in [-0.15, -0.1) is 0 Å². The number of benzene rings is 1. The van der Waals surface area contributed by atoms with Crippen LogP contribution in [0.1, 0.15) is 67.2 Å². The van der Waals surface area contributed by atoms with Crippen molar-refractivity contribution >= 4 is 17.9 Å². The lowest BCUT2D eigenvalue weighted by Crippen LogP contribution is -2.47. The molecule has 0 radical (unpaired) electrons. The van der Waals surface area contributed by atoms with Crippen molar-refractivity contribution in [2.75, 3.05) is 0 Å². The van der Waals surface area contributed by atoms with Gasteiger partial charge in [0.15, 0.2) is 6.10 Å². The fourth-order valence-electron chi connectivity index (χ4n) is 3.18. The Kier molecular flexibility index (Phi) is 6.41. The van der Waals surface area contributed by atoms with Crippen molar-refractivity contribution in [2.24, 2.45) is 5.92 Å². The number of aliphatic carboxylic acids is 1. The summed E-state index contributed by atoms with van der Waals surface area (Å²) in [4.78, 5) is 35.2. The zero-order valence-corrected chi connectivity index (χ0v) is 16.0. The van der Waals surface area contributed by atoms with Crippen LogP contribution in [-0.2, 0) is 14.3 Å². The number of rotatable bonds is 7. The van der Waals surface area contributed by atoms with E-state index in [1.54, 1.807) is 0 Å². The molecule has 1 fully saturated rings. The van der Waals surface area contributed by atoms with E-state index in [0.29, 0.717) is 0 Å². The van der Waals surface area contributed by atoms with Gasteiger partial charge in [-0.1, -0.05) is 13.8 Å². The van der Waals surface area contributed by atoms with E-state index >= 15 is 0 Å². The molecule has 1 unspecified atom stereocenters. The Morgan fingerprint density at radius 1 is 1.04 bits per heavy atom. The maximum absolute atomic E-state index is 13.8. The molecule has 1 aliphatic carbocycles. The van der Waals surface area contributed by atoms with Gasteiger partial charge in [0, 0.05) is 0 Å². The predicted octanol–water partition coefficient (Wildman–Crippen LogP) is 4.08. The highest BCUT2D eigenvalue weighted by Crippen LogP contribution is 2.33. The van der Waals surface area contributed by atoms with Gasteiger partial charge in [0.25, 0.3) is 0 Å². The monoisotopic (exact) mass is 398 g/mol. The van der Waals surface area contributed by atoms with Crippen LogP contribution in [0.15, 0.2) is 24.3 Å². The Hall–Kier alpha value is -2.51. The van der Waals surface area contributed by atoms with Crippen molar-refractivity contribution in [1.29, 1.82) is 0 Å². The van der Waals surface area contributed by atoms with Gasteiger partial charge in [-0.3, -0.25) is 0 Å². The molecule has 0 spiro atoms. The number of carbonyl (C=O) groups excluding carboxylic acids is 2. The highest BCUT2D eigenvalue weighted by molar-refractivity contribution is 5.93. The number of esters is 2. The second kappa shape index (κ2) is 8.24. The SMILES string of the molecule is CC(C)C(OC(=O)c1ccc(C(=O)OC2(C)CCCC2)cc1)C(F)(F)C(=O)O. The standard InChI is InChI=1S/C20H24F2O6/c1-12(2)15(20(21,22)18(25)26)27-16(23)13-6-8-14(9-7-13)17(24)28-19(3)10-4-5-11-19/h6-9,12,15H,4-5,10-11H2,1-3H3,(H,25,26). The molecule has 2 rings (SSSR count). The smallest absolute Gasteiger partial charge is 0.378 e. The van der Waals surface area contributed by atoms with Gasteiger partial charge in [0.05, 0.1) is 11.1 Å². The van der Waals surface area contributed by atoms with E-state index in [9.17, 15) is 23.2 Å². The average molecular weight is 398 g/mol. The second-order valence-corrected chi connectivity index (χ2v) is 7.62. The second-order valence-electron chi connectivity index (χ2n) is 7.62. The van der Waals surface area contributed by atoms with E-state index in [0.717, 1.165) is 25.7 Å². The number of hydrogen-bond donors (Lipinski definition) is 1. The number of halogens is 2. The molecule has 0 aromatic heterocycles. The summed E-state index contributed by atoms with van der Waals surface area (Å²) in [6.07, 6.45) is 1.44. The van der Waals surface area contributed by atoms with Crippen molar-refractivity contribution in [3.8, 4) is 0 Å². The predicted molar refractivity (Wildman–Crippen MR) is 95.4 cm³/mol. The van der Waals surface area contributed by atoms with Gasteiger partial charge < -0.3 is 14.6 Å². The van der Waals surface area contributed by atoms with Crippen molar-refractivity contribution in [3.05, 3.63) is 35.4 Å². The van der Waals surface area contributed by atoms with Crippen LogP contribution in [0.5, 0.6) is 0 Å². The van der Waals surface area contributed by atoms with Crippen LogP contribution in [-0.4, -0.2) is 40.6 Å². The minimum atomic E-state index is -4.22. The maximum Gasteiger partial charge on any atom is 0.378 e. The minimum absolute atomic E-state index is 0.0736. The van der Waals surface area contributed by atoms with Crippen LogP contribution >= 0.6 is 0 Å². The Bertz CT molecular complexity index is 736. The summed E-state index contributed by atoms with van der Waals surface area (Å²) < 4.78 is 37.9. The Labute approximate surface area is 161 Å². The van der Waals surface area contributed by atoms with Crippen molar-refractivity contribution in [2.45, 2.75) is 64.1 Å². The van der Waals surface area contributed by atoms with Crippen molar-refractivity contribution in [1.82, 2.24) is 0 Å². The summed E-state index contributed by atoms with van der Waals surface area (Å²) in [7, 11) is 0. The fourth-order valence-corrected chi connectivity index (χ4v) is 3.18. The number of ether oxygens (including phenoxy) is 2. The minimum Gasteiger partial charge on any atom is -0.477 e. The van der Waals surface area contributed by atoms with Crippen LogP contribution in [0.3, 0.4) is 0 Å². The molecule has 1 atom stereocenters. The molecule has 28 heavy (non-hydrogen) atoms. The lowest BCUT2D eigenvalue weighted by atomic mass is 10.0. The van der Waals surface area contributed by atoms with E-state index in [2.05, 4.69) is 0 Å². The molecule has 1 saturated carbocycles. The zero-order chi connectivity index (χ0) is 21.1. The molecule has 0 bridgehead atoms. The van der Waals surface area contributed by atoms with Crippen molar-refractivity contribution < 1.29 is 37.7 Å². The largest absolute Gasteiger partial charge is 0.477 e. The molecule has 6 nitrogen and oxygen atoms in total. The summed E-state index contributed by atoms with van der Waals surface area (Å²) >= 11 is 0. The fraction of sp³-hybridized carbons (Fsp3) is 0.550. The summed E-state index contributed by atoms with van der Waals surface area (Å²) in [6, 6.07) is 5.20. The third-order valence-electron chi connectivity index (χ3n) is 4.84. The van der Waals surface area contributed by atoms with Gasteiger partial charge in [-0.25, -0.2) is 14.4 Å². The molecule has 1 aliphatic rings. The number of carboxylic acids is 1. The first-order valence-electron chi connectivity index (χ1n) is 9.12. The maximum atomic E-state index is 13.8. The molecule has 1 aromatic carbocycles. The molecule has 8 heteroatoms. The van der Waals surface area contributed by atoms with E-state index in [1.807, 2.05) is 6.92 Å². The van der Waals surface area contributed by atoms with Gasteiger partial charge in [-0.05, 0) is 62.8 Å². The molecule has 0 amide bonds. The first kappa shape index (κ1) is 21.8. The van der Waals surface area contributed by atoms with Crippen LogP contribution in [0.4, 0.5) is 8.78 Å². The lowest BCUT2D eigenvalue weighted by molar-refractivity contribution is -0.187. The number of carbonyl (C=O) groups is 3. The third kappa shape index (κ3) is 4.85. The van der Waals surface area contributed by atoms with E-state index in [-0.39, 0.29) is 11.1 Å². The first-order chi connectivity index (χ1) is 13.0. The van der Waals surface area contributed by atoms with Gasteiger partial charge in [-0.2, -0.15) is 8.78 Å². The summed E-state index contributed by atoms with van der Waals surface area (Å²) in [6.45, 7) is 4.54. The first-order valence-corrected chi connectivity index (χ1v) is 9.12. The summed E-state index contributed by atoms with van der Waals surface area (Å²) in [5.74, 6) is -9.12. The highest BCUT2D eigenvalue weighted by atomic mass is 19.3. The van der Waals surface area contributed by atoms with Crippen LogP contribution in [0.2, 0.25) is 0 Å². The van der Waals surface area contributed by atoms with Crippen LogP contribution in [0.25, 0.3) is 0 Å². The van der Waals surface area contributed by atoms with Gasteiger partial charge in [0.1, 0.15) is 5.60 Å².